The zero-order valence-corrected chi connectivity index (χ0v) is 21.9. The summed E-state index contributed by atoms with van der Waals surface area (Å²) in [5.41, 5.74) is -0.630. The third kappa shape index (κ3) is 10.7. The van der Waals surface area contributed by atoms with Crippen LogP contribution in [0.1, 0.15) is 44.0 Å². The van der Waals surface area contributed by atoms with Gasteiger partial charge in [0, 0.05) is 19.3 Å². The Hall–Kier alpha value is -3.35. The minimum Gasteiger partial charge on any atom is -0.494 e. The molecule has 0 atom stereocenters. The van der Waals surface area contributed by atoms with Gasteiger partial charge in [-0.3, -0.25) is 4.79 Å². The molecule has 0 unspecified atom stereocenters. The number of nitrogens with one attached hydrogen (secondary N) is 1. The minimum absolute atomic E-state index is 0.00644. The lowest BCUT2D eigenvalue weighted by molar-refractivity contribution is -0.755. The SMILES string of the molecule is CCN(CCCOC1=CC(C(F)(F)F)=CCC=C1)C(=O)c1cc(S(C)(=O)=O)ccc1OC(C)C.O=[NH+]O. The summed E-state index contributed by atoms with van der Waals surface area (Å²) in [6, 6.07) is 4.17. The van der Waals surface area contributed by atoms with Crippen molar-refractivity contribution in [2.45, 2.75) is 50.8 Å². The normalized spacial score (nSPS) is 13.5. The van der Waals surface area contributed by atoms with Crippen molar-refractivity contribution >= 4 is 15.7 Å². The van der Waals surface area contributed by atoms with E-state index in [2.05, 4.69) is 0 Å². The predicted octanol–water partition coefficient (Wildman–Crippen LogP) is 3.30. The van der Waals surface area contributed by atoms with Crippen LogP contribution in [0.5, 0.6) is 5.75 Å². The molecule has 0 radical (unpaired) electrons. The molecule has 13 heteroatoms. The van der Waals surface area contributed by atoms with Gasteiger partial charge in [0.05, 0.1) is 33.6 Å². The maximum absolute atomic E-state index is 13.2. The number of nitrogens with zero attached hydrogens (tertiary/aromatic N) is 1. The summed E-state index contributed by atoms with van der Waals surface area (Å²) in [7, 11) is -3.53. The maximum Gasteiger partial charge on any atom is 0.416 e. The monoisotopic (exact) mass is 549 g/mol. The van der Waals surface area contributed by atoms with E-state index < -0.39 is 27.5 Å². The van der Waals surface area contributed by atoms with Crippen LogP contribution in [0.3, 0.4) is 0 Å². The summed E-state index contributed by atoms with van der Waals surface area (Å²) in [4.78, 5) is 23.0. The van der Waals surface area contributed by atoms with Crippen molar-refractivity contribution in [3.05, 3.63) is 64.3 Å². The van der Waals surface area contributed by atoms with Crippen LogP contribution in [0.2, 0.25) is 0 Å². The van der Waals surface area contributed by atoms with Crippen molar-refractivity contribution in [1.29, 1.82) is 0 Å². The van der Waals surface area contributed by atoms with E-state index in [-0.39, 0.29) is 47.6 Å². The number of hydrogen-bond acceptors (Lipinski definition) is 6. The Morgan fingerprint density at radius 2 is 1.92 bits per heavy atom. The third-order valence-corrected chi connectivity index (χ3v) is 5.97. The number of sulfone groups is 1. The average Bonchev–Trinajstić information content (AvgIpc) is 3.04. The van der Waals surface area contributed by atoms with Gasteiger partial charge in [0.2, 0.25) is 0 Å². The van der Waals surface area contributed by atoms with Gasteiger partial charge in [-0.2, -0.15) is 13.2 Å². The highest BCUT2D eigenvalue weighted by molar-refractivity contribution is 7.90. The number of ether oxygens (including phenoxy) is 2. The average molecular weight is 550 g/mol. The number of alkyl halides is 3. The van der Waals surface area contributed by atoms with Crippen LogP contribution in [0.25, 0.3) is 0 Å². The largest absolute Gasteiger partial charge is 0.494 e. The number of carbonyl (C=O) groups is 1. The number of benzene rings is 1. The Labute approximate surface area is 214 Å². The highest BCUT2D eigenvalue weighted by atomic mass is 32.2. The quantitative estimate of drug-likeness (QED) is 0.339. The summed E-state index contributed by atoms with van der Waals surface area (Å²) < 4.78 is 74.2. The number of hydrogen-bond donors (Lipinski definition) is 2. The molecule has 9 nitrogen and oxygen atoms in total. The van der Waals surface area contributed by atoms with E-state index in [9.17, 15) is 26.4 Å². The molecule has 2 N–H and O–H groups in total. The second kappa shape index (κ2) is 14.4. The number of amides is 1. The van der Waals surface area contributed by atoms with Gasteiger partial charge in [-0.15, -0.1) is 0 Å². The number of rotatable bonds is 10. The van der Waals surface area contributed by atoms with Gasteiger partial charge in [-0.05, 0) is 64.0 Å². The molecule has 0 saturated heterocycles. The first kappa shape index (κ1) is 31.7. The van der Waals surface area contributed by atoms with Crippen LogP contribution in [-0.4, -0.2) is 62.7 Å². The molecular formula is C24H32F3N2O7S+. The van der Waals surface area contributed by atoms with Crippen LogP contribution >= 0.6 is 0 Å². The van der Waals surface area contributed by atoms with Gasteiger partial charge in [0.1, 0.15) is 11.5 Å². The fraction of sp³-hybridized carbons (Fsp3) is 0.458. The summed E-state index contributed by atoms with van der Waals surface area (Å²) in [6.45, 7) is 6.07. The van der Waals surface area contributed by atoms with Crippen molar-refractivity contribution in [3.63, 3.8) is 0 Å². The first-order valence-electron chi connectivity index (χ1n) is 11.3. The van der Waals surface area contributed by atoms with Crippen LogP contribution in [-0.2, 0) is 14.6 Å². The van der Waals surface area contributed by atoms with Gasteiger partial charge >= 0.3 is 6.18 Å². The number of allylic oxidation sites excluding steroid dienone is 5. The minimum atomic E-state index is -4.46. The molecule has 2 rings (SSSR count). The lowest BCUT2D eigenvalue weighted by Gasteiger charge is -2.23. The fourth-order valence-corrected chi connectivity index (χ4v) is 3.86. The lowest BCUT2D eigenvalue weighted by Crippen LogP contribution is -2.58. The van der Waals surface area contributed by atoms with Crippen molar-refractivity contribution in [1.82, 2.24) is 4.90 Å². The Balaban J connectivity index is 0.00000217. The van der Waals surface area contributed by atoms with Crippen LogP contribution in [0, 0.1) is 4.91 Å². The number of halogens is 3. The topological polar surface area (TPSA) is 124 Å². The summed E-state index contributed by atoms with van der Waals surface area (Å²) in [6.07, 6.45) is 2.01. The van der Waals surface area contributed by atoms with Gasteiger partial charge in [0.15, 0.2) is 15.2 Å². The van der Waals surface area contributed by atoms with E-state index >= 15 is 0 Å². The fourth-order valence-electron chi connectivity index (χ4n) is 3.21. The van der Waals surface area contributed by atoms with Crippen molar-refractivity contribution in [2.75, 3.05) is 26.0 Å². The highest BCUT2D eigenvalue weighted by Crippen LogP contribution is 2.30. The summed E-state index contributed by atoms with van der Waals surface area (Å²) >= 11 is 0. The maximum atomic E-state index is 13.2. The third-order valence-electron chi connectivity index (χ3n) is 4.86. The molecule has 1 aliphatic carbocycles. The molecule has 0 bridgehead atoms. The highest BCUT2D eigenvalue weighted by Gasteiger charge is 2.32. The van der Waals surface area contributed by atoms with Crippen molar-refractivity contribution < 1.29 is 46.4 Å². The zero-order chi connectivity index (χ0) is 28.2. The molecule has 0 heterocycles. The molecule has 0 fully saturated rings. The molecule has 1 amide bonds. The molecule has 0 aromatic heterocycles. The van der Waals surface area contributed by atoms with Crippen molar-refractivity contribution in [3.8, 4) is 5.75 Å². The van der Waals surface area contributed by atoms with Crippen molar-refractivity contribution in [2.24, 2.45) is 0 Å². The molecule has 1 aliphatic rings. The Bertz CT molecular complexity index is 1130. The van der Waals surface area contributed by atoms with E-state index in [1.807, 2.05) is 0 Å². The van der Waals surface area contributed by atoms with Crippen LogP contribution in [0.4, 0.5) is 13.2 Å². The van der Waals surface area contributed by atoms with E-state index in [1.54, 1.807) is 26.8 Å². The second-order valence-electron chi connectivity index (χ2n) is 8.12. The van der Waals surface area contributed by atoms with Gasteiger partial charge in [-0.1, -0.05) is 12.2 Å². The second-order valence-corrected chi connectivity index (χ2v) is 10.1. The zero-order valence-electron chi connectivity index (χ0n) is 21.0. The van der Waals surface area contributed by atoms with Gasteiger partial charge in [-0.25, -0.2) is 13.6 Å². The molecule has 37 heavy (non-hydrogen) atoms. The molecule has 0 aliphatic heterocycles. The Morgan fingerprint density at radius 1 is 1.27 bits per heavy atom. The standard InChI is InChI=1S/C24H30F3NO5S.HNO2/c1-5-28(13-8-14-32-19-10-7-6-9-18(15-19)24(25,26)27)23(29)21-16-20(34(4,30)31)11-12-22(21)33-17(2)3;2-1-3/h7,9-12,15-17H,5-6,8,13-14H2,1-4H3;1H/p+1. The number of carbonyl (C=O) groups excluding carboxylic acids is 1. The molecule has 0 saturated carbocycles. The Morgan fingerprint density at radius 3 is 2.46 bits per heavy atom. The molecule has 0 spiro atoms. The molecule has 1 aromatic carbocycles. The van der Waals surface area contributed by atoms with E-state index in [1.165, 1.54) is 29.2 Å². The molecular weight excluding hydrogens is 517 g/mol. The van der Waals surface area contributed by atoms with E-state index in [0.29, 0.717) is 18.3 Å². The first-order valence-corrected chi connectivity index (χ1v) is 13.2. The van der Waals surface area contributed by atoms with Gasteiger partial charge < -0.3 is 14.4 Å². The molecule has 206 valence electrons. The molecule has 1 aromatic rings. The van der Waals surface area contributed by atoms with Gasteiger partial charge in [0.25, 0.3) is 5.91 Å². The lowest BCUT2D eigenvalue weighted by atomic mass is 10.1. The predicted molar refractivity (Wildman–Crippen MR) is 130 cm³/mol. The van der Waals surface area contributed by atoms with Crippen LogP contribution in [0.15, 0.2) is 58.7 Å². The summed E-state index contributed by atoms with van der Waals surface area (Å²) in [5.74, 6) is -0.0224. The smallest absolute Gasteiger partial charge is 0.416 e. The van der Waals surface area contributed by atoms with E-state index in [4.69, 9.17) is 19.6 Å². The first-order chi connectivity index (χ1) is 17.2. The Kier molecular flexibility index (Phi) is 12.3. The summed E-state index contributed by atoms with van der Waals surface area (Å²) in [5, 5.41) is 7.26. The van der Waals surface area contributed by atoms with Crippen LogP contribution < -0.4 is 10.1 Å². The van der Waals surface area contributed by atoms with E-state index in [0.717, 1.165) is 18.4 Å².